The number of nitrogens with zero attached hydrogens (tertiary/aromatic N) is 1. The van der Waals surface area contributed by atoms with E-state index in [9.17, 15) is 0 Å². The van der Waals surface area contributed by atoms with Crippen molar-refractivity contribution in [2.45, 2.75) is 52.4 Å². The molecule has 0 amide bonds. The third-order valence-corrected chi connectivity index (χ3v) is 2.53. The maximum absolute atomic E-state index is 5.77. The lowest BCUT2D eigenvalue weighted by atomic mass is 9.94. The summed E-state index contributed by atoms with van der Waals surface area (Å²) in [6, 6.07) is 0. The van der Waals surface area contributed by atoms with Gasteiger partial charge in [-0.05, 0) is 12.3 Å². The first-order valence-electron chi connectivity index (χ1n) is 5.32. The molecular formula is C11H20N2O. The molecule has 0 spiro atoms. The highest BCUT2D eigenvalue weighted by molar-refractivity contribution is 5.43. The summed E-state index contributed by atoms with van der Waals surface area (Å²) in [6.07, 6.45) is 2.27. The van der Waals surface area contributed by atoms with Crippen molar-refractivity contribution in [3.8, 4) is 0 Å². The molecule has 1 rings (SSSR count). The van der Waals surface area contributed by atoms with Crippen LogP contribution >= 0.6 is 0 Å². The number of hydrogen-bond acceptors (Lipinski definition) is 3. The molecule has 3 heteroatoms. The minimum absolute atomic E-state index is 0.385. The highest BCUT2D eigenvalue weighted by Crippen LogP contribution is 2.32. The zero-order valence-corrected chi connectivity index (χ0v) is 9.50. The van der Waals surface area contributed by atoms with Crippen LogP contribution in [0, 0.1) is 0 Å². The molecule has 0 aromatic carbocycles. The molecule has 0 fully saturated rings. The van der Waals surface area contributed by atoms with Crippen molar-refractivity contribution in [2.75, 3.05) is 5.73 Å². The van der Waals surface area contributed by atoms with Crippen molar-refractivity contribution in [1.82, 2.24) is 5.16 Å². The molecule has 0 aliphatic heterocycles. The minimum Gasteiger partial charge on any atom is -0.381 e. The van der Waals surface area contributed by atoms with E-state index in [0.29, 0.717) is 17.7 Å². The van der Waals surface area contributed by atoms with Crippen molar-refractivity contribution in [3.63, 3.8) is 0 Å². The van der Waals surface area contributed by atoms with Crippen molar-refractivity contribution in [1.29, 1.82) is 0 Å². The molecule has 0 bridgehead atoms. The Morgan fingerprint density at radius 3 is 2.50 bits per heavy atom. The van der Waals surface area contributed by atoms with Gasteiger partial charge in [-0.2, -0.15) is 0 Å². The smallest absolute Gasteiger partial charge is 0.170 e. The summed E-state index contributed by atoms with van der Waals surface area (Å²) in [5, 5.41) is 3.84. The van der Waals surface area contributed by atoms with E-state index >= 15 is 0 Å². The summed E-state index contributed by atoms with van der Waals surface area (Å²) >= 11 is 0. The van der Waals surface area contributed by atoms with Gasteiger partial charge in [0.1, 0.15) is 5.76 Å². The molecule has 0 saturated carbocycles. The molecular weight excluding hydrogens is 176 g/mol. The van der Waals surface area contributed by atoms with Crippen molar-refractivity contribution in [2.24, 2.45) is 0 Å². The van der Waals surface area contributed by atoms with E-state index < -0.39 is 0 Å². The van der Waals surface area contributed by atoms with E-state index in [-0.39, 0.29) is 0 Å². The zero-order chi connectivity index (χ0) is 10.7. The molecule has 0 saturated heterocycles. The molecule has 3 nitrogen and oxygen atoms in total. The summed E-state index contributed by atoms with van der Waals surface area (Å²) in [4.78, 5) is 0. The van der Waals surface area contributed by atoms with Crippen LogP contribution < -0.4 is 5.73 Å². The first-order chi connectivity index (χ1) is 6.57. The topological polar surface area (TPSA) is 52.0 Å². The lowest BCUT2D eigenvalue weighted by molar-refractivity contribution is 0.358. The van der Waals surface area contributed by atoms with Gasteiger partial charge in [-0.3, -0.25) is 0 Å². The van der Waals surface area contributed by atoms with Crippen LogP contribution in [0.5, 0.6) is 0 Å². The normalized spacial score (nSPS) is 13.5. The van der Waals surface area contributed by atoms with E-state index in [1.807, 2.05) is 0 Å². The van der Waals surface area contributed by atoms with Crippen LogP contribution in [-0.2, 0) is 0 Å². The molecule has 14 heavy (non-hydrogen) atoms. The molecule has 1 unspecified atom stereocenters. The molecule has 1 aromatic rings. The Labute approximate surface area is 85.7 Å². The highest BCUT2D eigenvalue weighted by Gasteiger charge is 2.21. The van der Waals surface area contributed by atoms with Crippen LogP contribution in [0.25, 0.3) is 0 Å². The van der Waals surface area contributed by atoms with E-state index in [0.717, 1.165) is 24.2 Å². The number of aromatic nitrogens is 1. The second kappa shape index (κ2) is 4.49. The van der Waals surface area contributed by atoms with Crippen LogP contribution in [0.3, 0.4) is 0 Å². The van der Waals surface area contributed by atoms with Gasteiger partial charge in [0.2, 0.25) is 0 Å². The first kappa shape index (κ1) is 11.1. The first-order valence-corrected chi connectivity index (χ1v) is 5.32. The van der Waals surface area contributed by atoms with Crippen LogP contribution in [0.2, 0.25) is 0 Å². The third kappa shape index (κ3) is 2.08. The summed E-state index contributed by atoms with van der Waals surface area (Å²) < 4.78 is 5.30. The van der Waals surface area contributed by atoms with E-state index in [1.54, 1.807) is 0 Å². The number of nitrogen functional groups attached to an aromatic ring is 1. The fraction of sp³-hybridized carbons (Fsp3) is 0.727. The number of hydrogen-bond donors (Lipinski definition) is 1. The van der Waals surface area contributed by atoms with Gasteiger partial charge in [0.05, 0.1) is 0 Å². The lowest BCUT2D eigenvalue weighted by Crippen LogP contribution is -2.00. The van der Waals surface area contributed by atoms with Crippen LogP contribution in [0.4, 0.5) is 5.82 Å². The van der Waals surface area contributed by atoms with Gasteiger partial charge >= 0.3 is 0 Å². The zero-order valence-electron chi connectivity index (χ0n) is 9.50. The van der Waals surface area contributed by atoms with Crippen molar-refractivity contribution in [3.05, 3.63) is 11.3 Å². The lowest BCUT2D eigenvalue weighted by Gasteiger charge is -2.10. The van der Waals surface area contributed by atoms with E-state index in [2.05, 4.69) is 32.9 Å². The van der Waals surface area contributed by atoms with Crippen LogP contribution in [0.15, 0.2) is 4.52 Å². The SMILES string of the molecule is CCCC(C)c1onc(N)c1C(C)C. The van der Waals surface area contributed by atoms with Gasteiger partial charge in [0.15, 0.2) is 5.82 Å². The Balaban J connectivity index is 2.96. The molecule has 0 radical (unpaired) electrons. The van der Waals surface area contributed by atoms with Crippen molar-refractivity contribution < 1.29 is 4.52 Å². The summed E-state index contributed by atoms with van der Waals surface area (Å²) in [5.41, 5.74) is 6.86. The largest absolute Gasteiger partial charge is 0.381 e. The summed E-state index contributed by atoms with van der Waals surface area (Å²) in [5.74, 6) is 2.33. The fourth-order valence-electron chi connectivity index (χ4n) is 1.82. The molecule has 80 valence electrons. The van der Waals surface area contributed by atoms with Gasteiger partial charge < -0.3 is 10.3 Å². The maximum atomic E-state index is 5.77. The maximum Gasteiger partial charge on any atom is 0.170 e. The second-order valence-corrected chi connectivity index (χ2v) is 4.19. The molecule has 1 atom stereocenters. The van der Waals surface area contributed by atoms with Crippen LogP contribution in [0.1, 0.15) is 63.7 Å². The average molecular weight is 196 g/mol. The fourth-order valence-corrected chi connectivity index (χ4v) is 1.82. The monoisotopic (exact) mass is 196 g/mol. The Hall–Kier alpha value is -0.990. The standard InChI is InChI=1S/C11H20N2O/c1-5-6-8(4)10-9(7(2)3)11(12)13-14-10/h7-8H,5-6H2,1-4H3,(H2,12,13). The Kier molecular flexibility index (Phi) is 3.55. The number of anilines is 1. The van der Waals surface area contributed by atoms with Gasteiger partial charge in [-0.1, -0.05) is 39.3 Å². The summed E-state index contributed by atoms with van der Waals surface area (Å²) in [6.45, 7) is 8.57. The average Bonchev–Trinajstić information content (AvgIpc) is 2.47. The third-order valence-electron chi connectivity index (χ3n) is 2.53. The number of rotatable bonds is 4. The predicted molar refractivity (Wildman–Crippen MR) is 58.3 cm³/mol. The predicted octanol–water partition coefficient (Wildman–Crippen LogP) is 3.28. The van der Waals surface area contributed by atoms with Crippen molar-refractivity contribution >= 4 is 5.82 Å². The Bertz CT molecular complexity index is 291. The Morgan fingerprint density at radius 2 is 2.00 bits per heavy atom. The van der Waals surface area contributed by atoms with E-state index in [1.165, 1.54) is 0 Å². The quantitative estimate of drug-likeness (QED) is 0.804. The van der Waals surface area contributed by atoms with Gasteiger partial charge in [0, 0.05) is 11.5 Å². The van der Waals surface area contributed by atoms with Gasteiger partial charge in [-0.15, -0.1) is 0 Å². The molecule has 1 heterocycles. The molecule has 0 aliphatic carbocycles. The van der Waals surface area contributed by atoms with Gasteiger partial charge in [-0.25, -0.2) is 0 Å². The van der Waals surface area contributed by atoms with E-state index in [4.69, 9.17) is 10.3 Å². The Morgan fingerprint density at radius 1 is 1.36 bits per heavy atom. The highest BCUT2D eigenvalue weighted by atomic mass is 16.5. The van der Waals surface area contributed by atoms with Gasteiger partial charge in [0.25, 0.3) is 0 Å². The molecule has 1 aromatic heterocycles. The summed E-state index contributed by atoms with van der Waals surface area (Å²) in [7, 11) is 0. The molecule has 2 N–H and O–H groups in total. The second-order valence-electron chi connectivity index (χ2n) is 4.19. The minimum atomic E-state index is 0.385. The van der Waals surface area contributed by atoms with Crippen LogP contribution in [-0.4, -0.2) is 5.16 Å². The molecule has 0 aliphatic rings. The number of nitrogens with two attached hydrogens (primary N) is 1.